The first-order valence-electron chi connectivity index (χ1n) is 9.20. The van der Waals surface area contributed by atoms with E-state index in [4.69, 9.17) is 14.2 Å². The second kappa shape index (κ2) is 10.3. The summed E-state index contributed by atoms with van der Waals surface area (Å²) in [6.45, 7) is 5.25. The smallest absolute Gasteiger partial charge is 0.344 e. The third kappa shape index (κ3) is 6.34. The van der Waals surface area contributed by atoms with Crippen LogP contribution in [0.4, 0.5) is 5.69 Å². The molecule has 0 aliphatic carbocycles. The molecule has 1 amide bonds. The maximum atomic E-state index is 12.2. The first-order valence-corrected chi connectivity index (χ1v) is 9.20. The summed E-state index contributed by atoms with van der Waals surface area (Å²) in [7, 11) is 1.43. The Bertz CT molecular complexity index is 860. The topological polar surface area (TPSA) is 90.9 Å². The fraction of sp³-hybridized carbons (Fsp3) is 0.318. The van der Waals surface area contributed by atoms with Crippen molar-refractivity contribution in [2.24, 2.45) is 0 Å². The number of anilines is 1. The summed E-state index contributed by atoms with van der Waals surface area (Å²) in [4.78, 5) is 35.0. The summed E-state index contributed by atoms with van der Waals surface area (Å²) in [5.74, 6) is -0.142. The molecule has 1 atom stereocenters. The fourth-order valence-corrected chi connectivity index (χ4v) is 2.49. The van der Waals surface area contributed by atoms with Crippen molar-refractivity contribution in [1.29, 1.82) is 0 Å². The molecular formula is C22H25NO6. The number of ether oxygens (including phenoxy) is 3. The summed E-state index contributed by atoms with van der Waals surface area (Å²) >= 11 is 0. The molecule has 0 aromatic heterocycles. The van der Waals surface area contributed by atoms with Crippen LogP contribution in [0.1, 0.15) is 42.6 Å². The number of aldehydes is 1. The van der Waals surface area contributed by atoms with Gasteiger partial charge in [0.25, 0.3) is 5.91 Å². The molecule has 0 radical (unpaired) electrons. The number of carbonyl (C=O) groups is 3. The number of methoxy groups -OCH3 is 1. The maximum absolute atomic E-state index is 12.2. The van der Waals surface area contributed by atoms with Crippen LogP contribution in [-0.4, -0.2) is 38.0 Å². The Kier molecular flexibility index (Phi) is 7.77. The highest BCUT2D eigenvalue weighted by molar-refractivity contribution is 5.95. The van der Waals surface area contributed by atoms with Gasteiger partial charge in [0.15, 0.2) is 24.2 Å². The molecule has 7 heteroatoms. The van der Waals surface area contributed by atoms with Gasteiger partial charge in [-0.25, -0.2) is 4.79 Å². The molecule has 0 bridgehead atoms. The average molecular weight is 399 g/mol. The third-order valence-electron chi connectivity index (χ3n) is 4.19. The number of hydrogen-bond donors (Lipinski definition) is 1. The summed E-state index contributed by atoms with van der Waals surface area (Å²) < 4.78 is 15.6. The monoisotopic (exact) mass is 399 g/mol. The van der Waals surface area contributed by atoms with E-state index in [0.29, 0.717) is 29.2 Å². The summed E-state index contributed by atoms with van der Waals surface area (Å²) in [5.41, 5.74) is 2.21. The van der Waals surface area contributed by atoms with E-state index in [9.17, 15) is 14.4 Å². The largest absolute Gasteiger partial charge is 0.493 e. The third-order valence-corrected chi connectivity index (χ3v) is 4.19. The second-order valence-corrected chi connectivity index (χ2v) is 6.71. The normalized spacial score (nSPS) is 11.5. The Labute approximate surface area is 170 Å². The predicted molar refractivity (Wildman–Crippen MR) is 109 cm³/mol. The van der Waals surface area contributed by atoms with Crippen LogP contribution in [0, 0.1) is 0 Å². The molecular weight excluding hydrogens is 374 g/mol. The van der Waals surface area contributed by atoms with Gasteiger partial charge in [-0.1, -0.05) is 26.0 Å². The van der Waals surface area contributed by atoms with E-state index in [1.54, 1.807) is 12.1 Å². The van der Waals surface area contributed by atoms with Crippen LogP contribution in [-0.2, 0) is 14.3 Å². The molecule has 0 spiro atoms. The number of rotatable bonds is 9. The molecule has 7 nitrogen and oxygen atoms in total. The van der Waals surface area contributed by atoms with Crippen molar-refractivity contribution in [2.75, 3.05) is 19.0 Å². The molecule has 2 rings (SSSR count). The highest BCUT2D eigenvalue weighted by Gasteiger charge is 2.19. The quantitative estimate of drug-likeness (QED) is 0.512. The van der Waals surface area contributed by atoms with Crippen LogP contribution in [0.5, 0.6) is 11.5 Å². The zero-order valence-corrected chi connectivity index (χ0v) is 16.9. The van der Waals surface area contributed by atoms with Gasteiger partial charge in [-0.15, -0.1) is 0 Å². The van der Waals surface area contributed by atoms with Crippen LogP contribution in [0.2, 0.25) is 0 Å². The lowest BCUT2D eigenvalue weighted by molar-refractivity contribution is -0.155. The standard InChI is InChI=1S/C22H25NO6/c1-14(2)17-6-8-18(9-7-17)23-22(26)15(3)29-21(25)13-28-19-10-5-16(12-24)11-20(19)27-4/h5-12,14-15H,13H2,1-4H3,(H,23,26)/t15-/m0/s1. The molecule has 0 fully saturated rings. The van der Waals surface area contributed by atoms with Gasteiger partial charge in [-0.3, -0.25) is 9.59 Å². The van der Waals surface area contributed by atoms with E-state index in [-0.39, 0.29) is 5.75 Å². The molecule has 29 heavy (non-hydrogen) atoms. The van der Waals surface area contributed by atoms with Gasteiger partial charge in [-0.2, -0.15) is 0 Å². The number of esters is 1. The van der Waals surface area contributed by atoms with Gasteiger partial charge in [0, 0.05) is 11.3 Å². The van der Waals surface area contributed by atoms with Crippen molar-refractivity contribution in [3.8, 4) is 11.5 Å². The van der Waals surface area contributed by atoms with Crippen LogP contribution in [0.25, 0.3) is 0 Å². The summed E-state index contributed by atoms with van der Waals surface area (Å²) in [5, 5.41) is 2.71. The Morgan fingerprint density at radius 3 is 2.31 bits per heavy atom. The SMILES string of the molecule is COc1cc(C=O)ccc1OCC(=O)O[C@@H](C)C(=O)Nc1ccc(C(C)C)cc1. The van der Waals surface area contributed by atoms with E-state index in [1.807, 2.05) is 12.1 Å². The number of hydrogen-bond acceptors (Lipinski definition) is 6. The molecule has 0 aliphatic rings. The van der Waals surface area contributed by atoms with Gasteiger partial charge < -0.3 is 19.5 Å². The summed E-state index contributed by atoms with van der Waals surface area (Å²) in [6, 6.07) is 12.0. The average Bonchev–Trinajstić information content (AvgIpc) is 2.72. The Morgan fingerprint density at radius 1 is 1.03 bits per heavy atom. The second-order valence-electron chi connectivity index (χ2n) is 6.71. The van der Waals surface area contributed by atoms with Crippen molar-refractivity contribution in [3.63, 3.8) is 0 Å². The zero-order chi connectivity index (χ0) is 21.4. The van der Waals surface area contributed by atoms with Crippen molar-refractivity contribution < 1.29 is 28.6 Å². The predicted octanol–water partition coefficient (Wildman–Crippen LogP) is 3.58. The molecule has 0 saturated carbocycles. The van der Waals surface area contributed by atoms with Crippen molar-refractivity contribution >= 4 is 23.9 Å². The first kappa shape index (κ1) is 21.9. The van der Waals surface area contributed by atoms with E-state index in [1.165, 1.54) is 32.2 Å². The Hall–Kier alpha value is -3.35. The molecule has 2 aromatic carbocycles. The van der Waals surface area contributed by atoms with Crippen LogP contribution in [0.3, 0.4) is 0 Å². The number of benzene rings is 2. The summed E-state index contributed by atoms with van der Waals surface area (Å²) in [6.07, 6.45) is -0.313. The fourth-order valence-electron chi connectivity index (χ4n) is 2.49. The molecule has 2 aromatic rings. The lowest BCUT2D eigenvalue weighted by Gasteiger charge is -2.15. The van der Waals surface area contributed by atoms with Crippen molar-refractivity contribution in [2.45, 2.75) is 32.8 Å². The first-order chi connectivity index (χ1) is 13.8. The lowest BCUT2D eigenvalue weighted by Crippen LogP contribution is -2.31. The molecule has 1 N–H and O–H groups in total. The molecule has 0 saturated heterocycles. The molecule has 0 heterocycles. The minimum atomic E-state index is -0.991. The van der Waals surface area contributed by atoms with Crippen LogP contribution < -0.4 is 14.8 Å². The Morgan fingerprint density at radius 2 is 1.72 bits per heavy atom. The lowest BCUT2D eigenvalue weighted by atomic mass is 10.0. The maximum Gasteiger partial charge on any atom is 0.344 e. The minimum Gasteiger partial charge on any atom is -0.493 e. The van der Waals surface area contributed by atoms with Crippen molar-refractivity contribution in [3.05, 3.63) is 53.6 Å². The highest BCUT2D eigenvalue weighted by atomic mass is 16.6. The molecule has 154 valence electrons. The van der Waals surface area contributed by atoms with E-state index in [0.717, 1.165) is 5.56 Å². The van der Waals surface area contributed by atoms with Crippen LogP contribution >= 0.6 is 0 Å². The van der Waals surface area contributed by atoms with Crippen molar-refractivity contribution in [1.82, 2.24) is 0 Å². The minimum absolute atomic E-state index is 0.289. The Balaban J connectivity index is 1.86. The number of amides is 1. The number of nitrogens with one attached hydrogen (secondary N) is 1. The molecule has 0 unspecified atom stereocenters. The van der Waals surface area contributed by atoms with Crippen LogP contribution in [0.15, 0.2) is 42.5 Å². The van der Waals surface area contributed by atoms with Gasteiger partial charge in [-0.05, 0) is 48.7 Å². The van der Waals surface area contributed by atoms with Gasteiger partial charge >= 0.3 is 5.97 Å². The highest BCUT2D eigenvalue weighted by Crippen LogP contribution is 2.27. The number of carbonyl (C=O) groups excluding carboxylic acids is 3. The van der Waals surface area contributed by atoms with Gasteiger partial charge in [0.2, 0.25) is 0 Å². The van der Waals surface area contributed by atoms with Gasteiger partial charge in [0.05, 0.1) is 7.11 Å². The van der Waals surface area contributed by atoms with E-state index >= 15 is 0 Å². The molecule has 0 aliphatic heterocycles. The van der Waals surface area contributed by atoms with E-state index in [2.05, 4.69) is 19.2 Å². The zero-order valence-electron chi connectivity index (χ0n) is 16.9. The van der Waals surface area contributed by atoms with Gasteiger partial charge in [0.1, 0.15) is 6.29 Å². The van der Waals surface area contributed by atoms with E-state index < -0.39 is 24.6 Å².